The van der Waals surface area contributed by atoms with Crippen LogP contribution in [-0.2, 0) is 9.53 Å². The van der Waals surface area contributed by atoms with Gasteiger partial charge in [-0.05, 0) is 19.9 Å². The maximum absolute atomic E-state index is 11.8. The van der Waals surface area contributed by atoms with E-state index in [2.05, 4.69) is 15.5 Å². The van der Waals surface area contributed by atoms with Gasteiger partial charge in [-0.3, -0.25) is 9.89 Å². The van der Waals surface area contributed by atoms with E-state index in [-0.39, 0.29) is 5.91 Å². The van der Waals surface area contributed by atoms with Crippen molar-refractivity contribution >= 4 is 22.5 Å². The number of aromatic amines is 1. The molecule has 0 saturated carbocycles. The molecule has 0 saturated heterocycles. The Morgan fingerprint density at radius 1 is 1.59 bits per heavy atom. The molecule has 1 aromatic carbocycles. The van der Waals surface area contributed by atoms with Gasteiger partial charge >= 0.3 is 0 Å². The Kier molecular flexibility index (Phi) is 3.39. The molecular formula is C12H15N3O2. The van der Waals surface area contributed by atoms with Crippen molar-refractivity contribution < 1.29 is 9.53 Å². The minimum absolute atomic E-state index is 0.158. The first-order valence-electron chi connectivity index (χ1n) is 5.57. The van der Waals surface area contributed by atoms with Gasteiger partial charge in [-0.2, -0.15) is 5.10 Å². The first-order chi connectivity index (χ1) is 8.22. The van der Waals surface area contributed by atoms with Crippen molar-refractivity contribution in [1.29, 1.82) is 0 Å². The van der Waals surface area contributed by atoms with Crippen LogP contribution in [0.1, 0.15) is 13.8 Å². The van der Waals surface area contributed by atoms with Crippen LogP contribution in [0.2, 0.25) is 0 Å². The standard InChI is InChI=1S/C12H15N3O2/c1-3-17-8(2)12(16)14-10-6-4-5-9-7-13-15-11(9)10/h4-8H,3H2,1-2H3,(H,13,15)(H,14,16)/t8-/m0/s1. The Bertz CT molecular complexity index is 521. The minimum atomic E-state index is -0.460. The Hall–Kier alpha value is -1.88. The predicted molar refractivity (Wildman–Crippen MR) is 65.8 cm³/mol. The number of carbonyl (C=O) groups excluding carboxylic acids is 1. The summed E-state index contributed by atoms with van der Waals surface area (Å²) in [5.74, 6) is -0.158. The van der Waals surface area contributed by atoms with Gasteiger partial charge in [0.15, 0.2) is 0 Å². The zero-order valence-corrected chi connectivity index (χ0v) is 9.86. The Balaban J connectivity index is 2.18. The summed E-state index contributed by atoms with van der Waals surface area (Å²) < 4.78 is 5.23. The normalized spacial score (nSPS) is 12.6. The SMILES string of the molecule is CCO[C@@H](C)C(=O)Nc1cccc2cn[nH]c12. The number of H-pyrrole nitrogens is 1. The van der Waals surface area contributed by atoms with Gasteiger partial charge in [0.05, 0.1) is 17.4 Å². The second-order valence-corrected chi connectivity index (χ2v) is 3.73. The highest BCUT2D eigenvalue weighted by atomic mass is 16.5. The predicted octanol–water partition coefficient (Wildman–Crippen LogP) is 1.93. The second kappa shape index (κ2) is 4.97. The summed E-state index contributed by atoms with van der Waals surface area (Å²) in [5, 5.41) is 10.6. The lowest BCUT2D eigenvalue weighted by Crippen LogP contribution is -2.27. The summed E-state index contributed by atoms with van der Waals surface area (Å²) in [6, 6.07) is 5.64. The zero-order chi connectivity index (χ0) is 12.3. The van der Waals surface area contributed by atoms with Gasteiger partial charge in [0.25, 0.3) is 5.91 Å². The number of carbonyl (C=O) groups is 1. The molecule has 1 atom stereocenters. The first kappa shape index (κ1) is 11.6. The summed E-state index contributed by atoms with van der Waals surface area (Å²) in [4.78, 5) is 11.8. The molecule has 90 valence electrons. The number of benzene rings is 1. The largest absolute Gasteiger partial charge is 0.369 e. The van der Waals surface area contributed by atoms with Crippen molar-refractivity contribution in [3.8, 4) is 0 Å². The molecule has 5 heteroatoms. The average Bonchev–Trinajstić information content (AvgIpc) is 2.78. The van der Waals surface area contributed by atoms with Crippen molar-refractivity contribution in [3.63, 3.8) is 0 Å². The molecule has 1 heterocycles. The van der Waals surface area contributed by atoms with Gasteiger partial charge in [-0.25, -0.2) is 0 Å². The summed E-state index contributed by atoms with van der Waals surface area (Å²) in [6.45, 7) is 4.11. The van der Waals surface area contributed by atoms with E-state index >= 15 is 0 Å². The first-order valence-corrected chi connectivity index (χ1v) is 5.57. The van der Waals surface area contributed by atoms with Crippen molar-refractivity contribution in [2.75, 3.05) is 11.9 Å². The topological polar surface area (TPSA) is 67.0 Å². The number of nitrogens with one attached hydrogen (secondary N) is 2. The van der Waals surface area contributed by atoms with Crippen LogP contribution in [0.25, 0.3) is 10.9 Å². The fraction of sp³-hybridized carbons (Fsp3) is 0.333. The monoisotopic (exact) mass is 233 g/mol. The molecule has 0 fully saturated rings. The number of rotatable bonds is 4. The molecule has 17 heavy (non-hydrogen) atoms. The highest BCUT2D eigenvalue weighted by Gasteiger charge is 2.14. The van der Waals surface area contributed by atoms with Crippen LogP contribution in [0, 0.1) is 0 Å². The molecule has 2 aromatic rings. The van der Waals surface area contributed by atoms with Gasteiger partial charge in [0, 0.05) is 12.0 Å². The molecule has 0 aliphatic carbocycles. The quantitative estimate of drug-likeness (QED) is 0.847. The number of fused-ring (bicyclic) bond motifs is 1. The van der Waals surface area contributed by atoms with Crippen molar-refractivity contribution in [1.82, 2.24) is 10.2 Å². The smallest absolute Gasteiger partial charge is 0.253 e. The third kappa shape index (κ3) is 2.45. The molecule has 0 radical (unpaired) electrons. The van der Waals surface area contributed by atoms with Crippen LogP contribution in [-0.4, -0.2) is 28.8 Å². The third-order valence-electron chi connectivity index (χ3n) is 2.52. The fourth-order valence-electron chi connectivity index (χ4n) is 1.63. The van der Waals surface area contributed by atoms with Crippen LogP contribution < -0.4 is 5.32 Å². The van der Waals surface area contributed by atoms with Gasteiger partial charge in [0.2, 0.25) is 0 Å². The number of ether oxygens (including phenoxy) is 1. The van der Waals surface area contributed by atoms with Crippen molar-refractivity contribution in [3.05, 3.63) is 24.4 Å². The number of amides is 1. The number of hydrogen-bond acceptors (Lipinski definition) is 3. The van der Waals surface area contributed by atoms with Crippen LogP contribution in [0.15, 0.2) is 24.4 Å². The maximum atomic E-state index is 11.8. The van der Waals surface area contributed by atoms with Crippen LogP contribution in [0.5, 0.6) is 0 Å². The lowest BCUT2D eigenvalue weighted by molar-refractivity contribution is -0.126. The summed E-state index contributed by atoms with van der Waals surface area (Å²) in [7, 11) is 0. The number of aromatic nitrogens is 2. The molecule has 5 nitrogen and oxygen atoms in total. The van der Waals surface area contributed by atoms with E-state index in [1.54, 1.807) is 13.1 Å². The van der Waals surface area contributed by atoms with E-state index in [9.17, 15) is 4.79 Å². The van der Waals surface area contributed by atoms with Gasteiger partial charge < -0.3 is 10.1 Å². The molecule has 2 rings (SSSR count). The lowest BCUT2D eigenvalue weighted by Gasteiger charge is -2.12. The third-order valence-corrected chi connectivity index (χ3v) is 2.52. The molecule has 1 aromatic heterocycles. The highest BCUT2D eigenvalue weighted by molar-refractivity contribution is 6.01. The van der Waals surface area contributed by atoms with E-state index < -0.39 is 6.10 Å². The van der Waals surface area contributed by atoms with Gasteiger partial charge in [0.1, 0.15) is 6.10 Å². The average molecular weight is 233 g/mol. The molecule has 0 aliphatic rings. The van der Waals surface area contributed by atoms with Crippen molar-refractivity contribution in [2.24, 2.45) is 0 Å². The molecule has 0 bridgehead atoms. The zero-order valence-electron chi connectivity index (χ0n) is 9.86. The number of nitrogens with zero attached hydrogens (tertiary/aromatic N) is 1. The number of anilines is 1. The molecule has 2 N–H and O–H groups in total. The van der Waals surface area contributed by atoms with E-state index in [1.807, 2.05) is 25.1 Å². The maximum Gasteiger partial charge on any atom is 0.253 e. The summed E-state index contributed by atoms with van der Waals surface area (Å²) >= 11 is 0. The number of para-hydroxylation sites is 1. The highest BCUT2D eigenvalue weighted by Crippen LogP contribution is 2.20. The fourth-order valence-corrected chi connectivity index (χ4v) is 1.63. The van der Waals surface area contributed by atoms with E-state index in [0.29, 0.717) is 6.61 Å². The van der Waals surface area contributed by atoms with E-state index in [1.165, 1.54) is 0 Å². The van der Waals surface area contributed by atoms with Crippen molar-refractivity contribution in [2.45, 2.75) is 20.0 Å². The molecule has 0 aliphatic heterocycles. The minimum Gasteiger partial charge on any atom is -0.369 e. The summed E-state index contributed by atoms with van der Waals surface area (Å²) in [6.07, 6.45) is 1.26. The summed E-state index contributed by atoms with van der Waals surface area (Å²) in [5.41, 5.74) is 1.54. The lowest BCUT2D eigenvalue weighted by atomic mass is 10.2. The molecular weight excluding hydrogens is 218 g/mol. The van der Waals surface area contributed by atoms with Crippen LogP contribution in [0.3, 0.4) is 0 Å². The van der Waals surface area contributed by atoms with E-state index in [0.717, 1.165) is 16.6 Å². The molecule has 1 amide bonds. The van der Waals surface area contributed by atoms with Gasteiger partial charge in [-0.1, -0.05) is 12.1 Å². The molecule has 0 unspecified atom stereocenters. The second-order valence-electron chi connectivity index (χ2n) is 3.73. The van der Waals surface area contributed by atoms with Crippen LogP contribution >= 0.6 is 0 Å². The van der Waals surface area contributed by atoms with Crippen LogP contribution in [0.4, 0.5) is 5.69 Å². The molecule has 0 spiro atoms. The van der Waals surface area contributed by atoms with E-state index in [4.69, 9.17) is 4.74 Å². The Morgan fingerprint density at radius 2 is 2.41 bits per heavy atom. The van der Waals surface area contributed by atoms with Gasteiger partial charge in [-0.15, -0.1) is 0 Å². The number of hydrogen-bond donors (Lipinski definition) is 2. The Labute approximate surface area is 99.2 Å². The Morgan fingerprint density at radius 3 is 3.18 bits per heavy atom.